The lowest BCUT2D eigenvalue weighted by Crippen LogP contribution is -2.51. The van der Waals surface area contributed by atoms with Gasteiger partial charge in [0.15, 0.2) is 5.50 Å². The van der Waals surface area contributed by atoms with Crippen LogP contribution in [0.25, 0.3) is 10.8 Å². The number of aliphatic hydroxyl groups is 2. The van der Waals surface area contributed by atoms with Gasteiger partial charge in [-0.15, -0.1) is 0 Å². The second kappa shape index (κ2) is 9.95. The molecular weight excluding hydrogens is 445 g/mol. The van der Waals surface area contributed by atoms with Gasteiger partial charge in [0.1, 0.15) is 24.9 Å². The topological polar surface area (TPSA) is 139 Å². The third-order valence-electron chi connectivity index (χ3n) is 6.13. The number of carbonyl (C=O) groups excluding carboxylic acids is 1. The minimum Gasteiger partial charge on any atom is -0.482 e. The molecule has 5 N–H and O–H groups in total. The monoisotopic (exact) mass is 477 g/mol. The highest BCUT2D eigenvalue weighted by Gasteiger charge is 2.41. The molecule has 7 atom stereocenters. The highest BCUT2D eigenvalue weighted by Crippen LogP contribution is 2.49. The summed E-state index contributed by atoms with van der Waals surface area (Å²) in [6, 6.07) is 11.2. The quantitative estimate of drug-likeness (QED) is 0.353. The first-order valence-electron chi connectivity index (χ1n) is 10.9. The molecule has 0 amide bonds. The summed E-state index contributed by atoms with van der Waals surface area (Å²) in [6.07, 6.45) is -2.62. The third-order valence-corrected chi connectivity index (χ3v) is 7.20. The highest BCUT2D eigenvalue weighted by atomic mass is 31.2. The Kier molecular flexibility index (Phi) is 7.66. The van der Waals surface area contributed by atoms with Gasteiger partial charge in [-0.1, -0.05) is 48.9 Å². The van der Waals surface area contributed by atoms with Crippen molar-refractivity contribution in [3.05, 3.63) is 59.1 Å². The second-order valence-corrected chi connectivity index (χ2v) is 11.1. The Bertz CT molecular complexity index is 1100. The zero-order valence-corrected chi connectivity index (χ0v) is 20.1. The van der Waals surface area contributed by atoms with Crippen LogP contribution in [0, 0.1) is 12.8 Å². The summed E-state index contributed by atoms with van der Waals surface area (Å²) in [5.74, 6) is -1.56. The van der Waals surface area contributed by atoms with E-state index in [0.717, 1.165) is 28.6 Å². The zero-order valence-electron chi connectivity index (χ0n) is 19.2. The standard InChI is InChI=1S/C24H32NO7P/c1-13-5-6-18-10-16(7-8-17(18)9-13)14(2)24(28)31-12-20(26)22(27)23-15(3)19(25)11-21(32-23)33(4,29)30/h5-11,14-15,19-20,22-23,26-27H,12,25H2,1-4H3,(H,29,30)/t14-,15+,19-,20+,22+,23+/m0/s1. The third kappa shape index (κ3) is 5.83. The molecule has 3 rings (SSSR count). The molecule has 1 aliphatic heterocycles. The van der Waals surface area contributed by atoms with E-state index in [2.05, 4.69) is 6.07 Å². The zero-order chi connectivity index (χ0) is 24.5. The number of benzene rings is 2. The number of hydrogen-bond acceptors (Lipinski definition) is 7. The second-order valence-electron chi connectivity index (χ2n) is 8.92. The van der Waals surface area contributed by atoms with Gasteiger partial charge in [0.05, 0.1) is 5.92 Å². The summed E-state index contributed by atoms with van der Waals surface area (Å²) in [7, 11) is -3.73. The van der Waals surface area contributed by atoms with Gasteiger partial charge in [-0.05, 0) is 36.3 Å². The summed E-state index contributed by atoms with van der Waals surface area (Å²) in [5, 5.41) is 23.1. The lowest BCUT2D eigenvalue weighted by Gasteiger charge is -2.38. The number of aryl methyl sites for hydroxylation is 1. The van der Waals surface area contributed by atoms with Crippen LogP contribution in [0.15, 0.2) is 48.0 Å². The highest BCUT2D eigenvalue weighted by molar-refractivity contribution is 7.61. The fourth-order valence-electron chi connectivity index (χ4n) is 3.84. The molecule has 1 unspecified atom stereocenters. The van der Waals surface area contributed by atoms with E-state index in [1.807, 2.05) is 37.3 Å². The van der Waals surface area contributed by atoms with Crippen molar-refractivity contribution < 1.29 is 33.9 Å². The molecule has 0 aliphatic carbocycles. The van der Waals surface area contributed by atoms with Crippen molar-refractivity contribution in [3.8, 4) is 0 Å². The Morgan fingerprint density at radius 1 is 1.21 bits per heavy atom. The van der Waals surface area contributed by atoms with E-state index >= 15 is 0 Å². The van der Waals surface area contributed by atoms with Crippen LogP contribution in [-0.4, -0.2) is 58.7 Å². The molecule has 9 heteroatoms. The minimum atomic E-state index is -3.73. The van der Waals surface area contributed by atoms with Crippen LogP contribution in [0.5, 0.6) is 0 Å². The van der Waals surface area contributed by atoms with Gasteiger partial charge in [0.2, 0.25) is 0 Å². The predicted octanol–water partition coefficient (Wildman–Crippen LogP) is 2.62. The maximum atomic E-state index is 12.6. The van der Waals surface area contributed by atoms with E-state index in [0.29, 0.717) is 0 Å². The lowest BCUT2D eigenvalue weighted by molar-refractivity contribution is -0.155. The summed E-state index contributed by atoms with van der Waals surface area (Å²) >= 11 is 0. The predicted molar refractivity (Wildman–Crippen MR) is 126 cm³/mol. The number of aliphatic hydroxyl groups excluding tert-OH is 2. The molecule has 0 radical (unpaired) electrons. The maximum absolute atomic E-state index is 12.6. The van der Waals surface area contributed by atoms with E-state index < -0.39 is 56.1 Å². The Balaban J connectivity index is 1.63. The van der Waals surface area contributed by atoms with Gasteiger partial charge < -0.3 is 30.3 Å². The minimum absolute atomic E-state index is 0.207. The Hall–Kier alpha value is -2.22. The molecule has 0 aromatic heterocycles. The number of ether oxygens (including phenoxy) is 2. The number of nitrogens with two attached hydrogens (primary N) is 1. The Labute approximate surface area is 193 Å². The molecule has 8 nitrogen and oxygen atoms in total. The van der Waals surface area contributed by atoms with Crippen LogP contribution in [0.4, 0.5) is 0 Å². The van der Waals surface area contributed by atoms with Gasteiger partial charge in [-0.25, -0.2) is 0 Å². The number of carbonyl (C=O) groups is 1. The molecule has 0 bridgehead atoms. The van der Waals surface area contributed by atoms with E-state index in [1.54, 1.807) is 13.8 Å². The molecule has 0 fully saturated rings. The molecular formula is C24H32NO7P. The van der Waals surface area contributed by atoms with Crippen LogP contribution in [0.2, 0.25) is 0 Å². The largest absolute Gasteiger partial charge is 0.482 e. The van der Waals surface area contributed by atoms with E-state index in [1.165, 1.54) is 6.08 Å². The van der Waals surface area contributed by atoms with E-state index in [4.69, 9.17) is 15.2 Å². The Morgan fingerprint density at radius 2 is 1.85 bits per heavy atom. The van der Waals surface area contributed by atoms with Crippen molar-refractivity contribution >= 4 is 24.1 Å². The van der Waals surface area contributed by atoms with Crippen LogP contribution in [-0.2, 0) is 18.8 Å². The molecule has 1 aliphatic rings. The smallest absolute Gasteiger partial charge is 0.313 e. The molecule has 33 heavy (non-hydrogen) atoms. The van der Waals surface area contributed by atoms with Crippen LogP contribution in [0.3, 0.4) is 0 Å². The maximum Gasteiger partial charge on any atom is 0.313 e. The molecule has 0 saturated heterocycles. The fourth-order valence-corrected chi connectivity index (χ4v) is 4.60. The van der Waals surface area contributed by atoms with Crippen LogP contribution >= 0.6 is 7.37 Å². The first-order valence-corrected chi connectivity index (χ1v) is 13.0. The number of hydrogen-bond donors (Lipinski definition) is 4. The Morgan fingerprint density at radius 3 is 2.52 bits per heavy atom. The average molecular weight is 477 g/mol. The molecule has 1 heterocycles. The molecule has 2 aromatic carbocycles. The fraction of sp³-hybridized carbons (Fsp3) is 0.458. The first-order chi connectivity index (χ1) is 15.4. The summed E-state index contributed by atoms with van der Waals surface area (Å²) < 4.78 is 22.7. The molecule has 2 aromatic rings. The first kappa shape index (κ1) is 25.4. The molecule has 0 saturated carbocycles. The van der Waals surface area contributed by atoms with Crippen LogP contribution in [0.1, 0.15) is 30.9 Å². The molecule has 180 valence electrons. The van der Waals surface area contributed by atoms with E-state index in [9.17, 15) is 24.5 Å². The summed E-state index contributed by atoms with van der Waals surface area (Å²) in [6.45, 7) is 6.08. The number of rotatable bonds is 7. The molecule has 0 spiro atoms. The van der Waals surface area contributed by atoms with Crippen molar-refractivity contribution in [1.82, 2.24) is 0 Å². The van der Waals surface area contributed by atoms with Gasteiger partial charge in [-0.2, -0.15) is 0 Å². The van der Waals surface area contributed by atoms with Crippen molar-refractivity contribution in [2.24, 2.45) is 11.7 Å². The van der Waals surface area contributed by atoms with Crippen molar-refractivity contribution in [2.45, 2.75) is 51.0 Å². The van der Waals surface area contributed by atoms with Crippen molar-refractivity contribution in [1.29, 1.82) is 0 Å². The average Bonchev–Trinajstić information content (AvgIpc) is 2.76. The lowest BCUT2D eigenvalue weighted by atomic mass is 9.89. The number of fused-ring (bicyclic) bond motifs is 1. The van der Waals surface area contributed by atoms with Crippen molar-refractivity contribution in [3.63, 3.8) is 0 Å². The van der Waals surface area contributed by atoms with Gasteiger partial charge in [0, 0.05) is 18.6 Å². The summed E-state index contributed by atoms with van der Waals surface area (Å²) in [4.78, 5) is 22.4. The van der Waals surface area contributed by atoms with Gasteiger partial charge >= 0.3 is 5.97 Å². The van der Waals surface area contributed by atoms with Crippen molar-refractivity contribution in [2.75, 3.05) is 13.3 Å². The van der Waals surface area contributed by atoms with Gasteiger partial charge in [-0.3, -0.25) is 9.36 Å². The van der Waals surface area contributed by atoms with Gasteiger partial charge in [0.25, 0.3) is 7.37 Å². The van der Waals surface area contributed by atoms with E-state index in [-0.39, 0.29) is 5.50 Å². The normalized spacial score (nSPS) is 25.3. The summed E-state index contributed by atoms with van der Waals surface area (Å²) in [5.41, 5.74) is 7.72. The van der Waals surface area contributed by atoms with Crippen LogP contribution < -0.4 is 5.73 Å². The number of esters is 1. The SMILES string of the molecule is Cc1ccc2cc([C@H](C)C(=O)OC[C@@H](O)[C@@H](O)[C@@H]3OC(P(C)(=O)O)=C[C@H](N)[C@H]3C)ccc2c1.